The molecule has 0 atom stereocenters. The van der Waals surface area contributed by atoms with E-state index in [9.17, 15) is 0 Å². The predicted molar refractivity (Wildman–Crippen MR) is 65.9 cm³/mol. The van der Waals surface area contributed by atoms with Gasteiger partial charge in [0.2, 0.25) is 0 Å². The Morgan fingerprint density at radius 2 is 2.00 bits per heavy atom. The van der Waals surface area contributed by atoms with Crippen molar-refractivity contribution in [2.45, 2.75) is 13.2 Å². The molecule has 0 aliphatic carbocycles. The van der Waals surface area contributed by atoms with Crippen LogP contribution in [-0.4, -0.2) is 9.67 Å². The second-order valence-corrected chi connectivity index (χ2v) is 4.43. The second-order valence-electron chi connectivity index (χ2n) is 3.59. The van der Waals surface area contributed by atoms with Gasteiger partial charge in [0.05, 0.1) is 6.61 Å². The van der Waals surface area contributed by atoms with Gasteiger partial charge in [-0.3, -0.25) is 0 Å². The lowest BCUT2D eigenvalue weighted by Crippen LogP contribution is -1.97. The predicted octanol–water partition coefficient (Wildman–Crippen LogP) is 3.34. The molecule has 2 aromatic rings. The molecule has 0 saturated heterocycles. The Morgan fingerprint density at radius 1 is 1.19 bits per heavy atom. The first kappa shape index (κ1) is 11.5. The molecule has 4 heteroatoms. The van der Waals surface area contributed by atoms with Crippen LogP contribution in [0.15, 0.2) is 36.7 Å². The zero-order chi connectivity index (χ0) is 11.5. The Kier molecular flexibility index (Phi) is 3.54. The fraction of sp³-hybridized carbons (Fsp3) is 0.167. The highest BCUT2D eigenvalue weighted by atomic mass is 35.5. The fourth-order valence-corrected chi connectivity index (χ4v) is 1.92. The highest BCUT2D eigenvalue weighted by Gasteiger charge is 2.03. The summed E-state index contributed by atoms with van der Waals surface area (Å²) < 4.78 is 1.96. The van der Waals surface area contributed by atoms with Gasteiger partial charge >= 0.3 is 0 Å². The zero-order valence-electron chi connectivity index (χ0n) is 8.53. The van der Waals surface area contributed by atoms with Crippen LogP contribution in [0.4, 0.5) is 0 Å². The molecule has 2 nitrogen and oxygen atoms in total. The van der Waals surface area contributed by atoms with Gasteiger partial charge in [-0.15, -0.1) is 0 Å². The van der Waals surface area contributed by atoms with Crippen molar-refractivity contribution in [3.05, 3.63) is 57.8 Å². The van der Waals surface area contributed by atoms with E-state index >= 15 is 0 Å². The summed E-state index contributed by atoms with van der Waals surface area (Å²) in [5.41, 5.74) is 1.85. The maximum atomic E-state index is 8.96. The molecule has 0 unspecified atom stereocenters. The average Bonchev–Trinajstić information content (AvgIpc) is 2.71. The molecule has 2 rings (SSSR count). The summed E-state index contributed by atoms with van der Waals surface area (Å²) in [6.07, 6.45) is 3.79. The summed E-state index contributed by atoms with van der Waals surface area (Å²) in [5.74, 6) is 0. The summed E-state index contributed by atoms with van der Waals surface area (Å²) in [4.78, 5) is 0. The third-order valence-corrected chi connectivity index (χ3v) is 2.96. The number of aliphatic hydroxyl groups is 1. The minimum absolute atomic E-state index is 0.0519. The summed E-state index contributed by atoms with van der Waals surface area (Å²) in [7, 11) is 0. The van der Waals surface area contributed by atoms with Gasteiger partial charge < -0.3 is 9.67 Å². The van der Waals surface area contributed by atoms with E-state index in [0.717, 1.165) is 11.1 Å². The molecule has 0 aliphatic heterocycles. The quantitative estimate of drug-likeness (QED) is 0.895. The Balaban J connectivity index is 2.22. The molecule has 0 fully saturated rings. The van der Waals surface area contributed by atoms with Gasteiger partial charge in [0.15, 0.2) is 0 Å². The molecular formula is C12H11Cl2NO. The number of aliphatic hydroxyl groups excluding tert-OH is 1. The maximum Gasteiger partial charge on any atom is 0.0696 e. The summed E-state index contributed by atoms with van der Waals surface area (Å²) in [6.45, 7) is 0.704. The molecule has 1 aromatic heterocycles. The molecule has 0 amide bonds. The first-order chi connectivity index (χ1) is 7.69. The van der Waals surface area contributed by atoms with Crippen LogP contribution in [0.2, 0.25) is 10.0 Å². The standard InChI is InChI=1S/C12H11Cl2NO/c13-11-1-2-12(14)10(5-11)7-15-4-3-9(6-15)8-16/h1-6,16H,7-8H2. The fourth-order valence-electron chi connectivity index (χ4n) is 1.54. The van der Waals surface area contributed by atoms with Crippen molar-refractivity contribution in [1.29, 1.82) is 0 Å². The van der Waals surface area contributed by atoms with Crippen LogP contribution in [-0.2, 0) is 13.2 Å². The van der Waals surface area contributed by atoms with Crippen LogP contribution in [0.3, 0.4) is 0 Å². The molecule has 0 saturated carbocycles. The summed E-state index contributed by atoms with van der Waals surface area (Å²) in [5, 5.41) is 10.3. The van der Waals surface area contributed by atoms with E-state index in [1.54, 1.807) is 12.1 Å². The van der Waals surface area contributed by atoms with E-state index in [1.165, 1.54) is 0 Å². The van der Waals surface area contributed by atoms with E-state index in [0.29, 0.717) is 16.6 Å². The van der Waals surface area contributed by atoms with E-state index in [2.05, 4.69) is 0 Å². The lowest BCUT2D eigenvalue weighted by Gasteiger charge is -2.06. The third-order valence-electron chi connectivity index (χ3n) is 2.35. The highest BCUT2D eigenvalue weighted by Crippen LogP contribution is 2.21. The van der Waals surface area contributed by atoms with Crippen LogP contribution < -0.4 is 0 Å². The minimum Gasteiger partial charge on any atom is -0.392 e. The Hall–Kier alpha value is -0.960. The van der Waals surface area contributed by atoms with Crippen LogP contribution >= 0.6 is 23.2 Å². The topological polar surface area (TPSA) is 25.2 Å². The zero-order valence-corrected chi connectivity index (χ0v) is 10.0. The number of benzene rings is 1. The SMILES string of the molecule is OCc1ccn(Cc2cc(Cl)ccc2Cl)c1. The molecule has 84 valence electrons. The van der Waals surface area contributed by atoms with Gasteiger partial charge in [-0.1, -0.05) is 23.2 Å². The van der Waals surface area contributed by atoms with Crippen LogP contribution in [0.5, 0.6) is 0 Å². The number of hydrogen-bond donors (Lipinski definition) is 1. The number of halogens is 2. The van der Waals surface area contributed by atoms with Crippen molar-refractivity contribution >= 4 is 23.2 Å². The van der Waals surface area contributed by atoms with E-state index in [4.69, 9.17) is 28.3 Å². The Bertz CT molecular complexity index is 494. The van der Waals surface area contributed by atoms with Gasteiger partial charge in [-0.2, -0.15) is 0 Å². The molecule has 0 aliphatic rings. The normalized spacial score (nSPS) is 10.7. The highest BCUT2D eigenvalue weighted by molar-refractivity contribution is 6.33. The molecule has 0 spiro atoms. The van der Waals surface area contributed by atoms with Crippen molar-refractivity contribution in [3.8, 4) is 0 Å². The smallest absolute Gasteiger partial charge is 0.0696 e. The summed E-state index contributed by atoms with van der Waals surface area (Å²) >= 11 is 12.0. The number of nitrogens with zero attached hydrogens (tertiary/aromatic N) is 1. The van der Waals surface area contributed by atoms with E-state index in [-0.39, 0.29) is 6.61 Å². The van der Waals surface area contributed by atoms with Crippen LogP contribution in [0, 0.1) is 0 Å². The molecular weight excluding hydrogens is 245 g/mol. The number of hydrogen-bond acceptors (Lipinski definition) is 1. The average molecular weight is 256 g/mol. The molecule has 0 radical (unpaired) electrons. The number of aromatic nitrogens is 1. The summed E-state index contributed by atoms with van der Waals surface area (Å²) in [6, 6.07) is 7.28. The third kappa shape index (κ3) is 2.59. The van der Waals surface area contributed by atoms with Crippen molar-refractivity contribution in [1.82, 2.24) is 4.57 Å². The largest absolute Gasteiger partial charge is 0.392 e. The first-order valence-electron chi connectivity index (χ1n) is 4.88. The lowest BCUT2D eigenvalue weighted by molar-refractivity contribution is 0.282. The molecule has 16 heavy (non-hydrogen) atoms. The van der Waals surface area contributed by atoms with Crippen molar-refractivity contribution in [2.24, 2.45) is 0 Å². The van der Waals surface area contributed by atoms with Crippen LogP contribution in [0.25, 0.3) is 0 Å². The van der Waals surface area contributed by atoms with E-state index < -0.39 is 0 Å². The van der Waals surface area contributed by atoms with Crippen molar-refractivity contribution < 1.29 is 5.11 Å². The minimum atomic E-state index is 0.0519. The van der Waals surface area contributed by atoms with Crippen molar-refractivity contribution in [3.63, 3.8) is 0 Å². The molecule has 0 bridgehead atoms. The van der Waals surface area contributed by atoms with Gasteiger partial charge in [0, 0.05) is 29.0 Å². The Morgan fingerprint density at radius 3 is 2.69 bits per heavy atom. The monoisotopic (exact) mass is 255 g/mol. The van der Waals surface area contributed by atoms with E-state index in [1.807, 2.05) is 29.1 Å². The van der Waals surface area contributed by atoms with Gasteiger partial charge in [-0.05, 0) is 35.4 Å². The van der Waals surface area contributed by atoms with Gasteiger partial charge in [0.25, 0.3) is 0 Å². The number of rotatable bonds is 3. The maximum absolute atomic E-state index is 8.96. The van der Waals surface area contributed by atoms with Crippen molar-refractivity contribution in [2.75, 3.05) is 0 Å². The lowest BCUT2D eigenvalue weighted by atomic mass is 10.2. The molecule has 1 N–H and O–H groups in total. The molecule has 1 aromatic carbocycles. The second kappa shape index (κ2) is 4.91. The Labute approximate surface area is 104 Å². The van der Waals surface area contributed by atoms with Gasteiger partial charge in [-0.25, -0.2) is 0 Å². The molecule has 1 heterocycles. The van der Waals surface area contributed by atoms with Gasteiger partial charge in [0.1, 0.15) is 0 Å². The first-order valence-corrected chi connectivity index (χ1v) is 5.64. The van der Waals surface area contributed by atoms with Crippen LogP contribution in [0.1, 0.15) is 11.1 Å².